The Kier molecular flexibility index (Phi) is 11.2. The van der Waals surface area contributed by atoms with Gasteiger partial charge in [-0.1, -0.05) is 36.4 Å². The molecule has 0 radical (unpaired) electrons. The van der Waals surface area contributed by atoms with Crippen LogP contribution in [0, 0.1) is 6.92 Å². The van der Waals surface area contributed by atoms with Gasteiger partial charge in [0.2, 0.25) is 0 Å². The first-order valence-corrected chi connectivity index (χ1v) is 11.6. The van der Waals surface area contributed by atoms with Gasteiger partial charge in [-0.3, -0.25) is 9.88 Å². The Morgan fingerprint density at radius 3 is 2.08 bits per heavy atom. The van der Waals surface area contributed by atoms with Crippen LogP contribution in [0.2, 0.25) is 0 Å². The van der Waals surface area contributed by atoms with Gasteiger partial charge in [-0.15, -0.1) is 0 Å². The van der Waals surface area contributed by atoms with Crippen molar-refractivity contribution in [1.29, 1.82) is 0 Å². The maximum Gasteiger partial charge on any atom is 0.490 e. The summed E-state index contributed by atoms with van der Waals surface area (Å²) in [6.07, 6.45) is -7.92. The Morgan fingerprint density at radius 2 is 1.56 bits per heavy atom. The minimum Gasteiger partial charge on any atom is -0.475 e. The number of carboxylic acid groups (broad SMARTS) is 2. The fourth-order valence-electron chi connectivity index (χ4n) is 3.95. The highest BCUT2D eigenvalue weighted by Crippen LogP contribution is 2.36. The lowest BCUT2D eigenvalue weighted by Crippen LogP contribution is -2.65. The number of pyridine rings is 1. The van der Waals surface area contributed by atoms with E-state index >= 15 is 0 Å². The van der Waals surface area contributed by atoms with E-state index in [4.69, 9.17) is 29.3 Å². The predicted molar refractivity (Wildman–Crippen MR) is 125 cm³/mol. The van der Waals surface area contributed by atoms with Gasteiger partial charge in [0.05, 0.1) is 24.0 Å². The maximum absolute atomic E-state index is 10.6. The van der Waals surface area contributed by atoms with Crippen LogP contribution >= 0.6 is 0 Å². The predicted octanol–water partition coefficient (Wildman–Crippen LogP) is 4.61. The zero-order valence-electron chi connectivity index (χ0n) is 20.8. The molecule has 2 saturated heterocycles. The highest BCUT2D eigenvalue weighted by Gasteiger charge is 2.47. The van der Waals surface area contributed by atoms with Gasteiger partial charge in [0.25, 0.3) is 0 Å². The molecule has 0 saturated carbocycles. The van der Waals surface area contributed by atoms with Crippen LogP contribution in [0.4, 0.5) is 26.3 Å². The molecule has 2 aliphatic rings. The zero-order valence-corrected chi connectivity index (χ0v) is 20.8. The van der Waals surface area contributed by atoms with E-state index in [1.165, 1.54) is 5.56 Å². The van der Waals surface area contributed by atoms with Crippen molar-refractivity contribution in [1.82, 2.24) is 9.88 Å². The van der Waals surface area contributed by atoms with E-state index in [0.29, 0.717) is 6.61 Å². The maximum atomic E-state index is 10.6. The number of aromatic nitrogens is 1. The molecule has 1 spiro atoms. The van der Waals surface area contributed by atoms with Crippen molar-refractivity contribution < 1.29 is 55.6 Å². The van der Waals surface area contributed by atoms with Crippen molar-refractivity contribution in [2.75, 3.05) is 19.7 Å². The minimum atomic E-state index is -5.08. The lowest BCUT2D eigenvalue weighted by Gasteiger charge is -2.53. The quantitative estimate of drug-likeness (QED) is 0.506. The lowest BCUT2D eigenvalue weighted by molar-refractivity contribution is -0.200. The zero-order chi connectivity index (χ0) is 29.3. The number of aryl methyl sites for hydroxylation is 1. The van der Waals surface area contributed by atoms with Crippen LogP contribution in [0.3, 0.4) is 0 Å². The summed E-state index contributed by atoms with van der Waals surface area (Å²) >= 11 is 0. The molecule has 3 heterocycles. The average Bonchev–Trinajstić information content (AvgIpc) is 2.82. The van der Waals surface area contributed by atoms with Crippen LogP contribution in [-0.4, -0.2) is 75.8 Å². The fraction of sp³-hybridized carbons (Fsp3) is 0.480. The van der Waals surface area contributed by atoms with Crippen molar-refractivity contribution in [2.45, 2.75) is 57.0 Å². The Hall–Kier alpha value is -3.23. The number of likely N-dealkylation sites (tertiary alicyclic amines) is 1. The molecule has 1 atom stereocenters. The molecule has 0 aliphatic carbocycles. The Balaban J connectivity index is 0.000000317. The van der Waals surface area contributed by atoms with E-state index in [9.17, 15) is 26.3 Å². The molecule has 1 aromatic heterocycles. The molecule has 14 heteroatoms. The molecule has 39 heavy (non-hydrogen) atoms. The number of benzene rings is 1. The van der Waals surface area contributed by atoms with Gasteiger partial charge in [-0.05, 0) is 31.0 Å². The summed E-state index contributed by atoms with van der Waals surface area (Å²) in [5, 5.41) is 14.2. The fourth-order valence-corrected chi connectivity index (χ4v) is 3.95. The molecule has 0 bridgehead atoms. The summed E-state index contributed by atoms with van der Waals surface area (Å²) in [6, 6.07) is 16.7. The third-order valence-electron chi connectivity index (χ3n) is 5.62. The van der Waals surface area contributed by atoms with E-state index in [0.717, 1.165) is 50.5 Å². The summed E-state index contributed by atoms with van der Waals surface area (Å²) in [5.41, 5.74) is 3.42. The third kappa shape index (κ3) is 11.2. The van der Waals surface area contributed by atoms with E-state index in [2.05, 4.69) is 40.2 Å². The number of nitrogens with zero attached hydrogens (tertiary/aromatic N) is 2. The summed E-state index contributed by atoms with van der Waals surface area (Å²) in [6.45, 7) is 6.42. The number of aliphatic carboxylic acids is 2. The number of ether oxygens (including phenoxy) is 2. The molecule has 216 valence electrons. The Bertz CT molecular complexity index is 1050. The number of rotatable bonds is 5. The molecule has 8 nitrogen and oxygen atoms in total. The highest BCUT2D eigenvalue weighted by atomic mass is 19.4. The molecule has 1 aromatic carbocycles. The second-order valence-electron chi connectivity index (χ2n) is 8.96. The van der Waals surface area contributed by atoms with E-state index in [-0.39, 0.29) is 11.7 Å². The van der Waals surface area contributed by atoms with E-state index < -0.39 is 24.3 Å². The van der Waals surface area contributed by atoms with E-state index in [1.54, 1.807) is 0 Å². The van der Waals surface area contributed by atoms with Crippen LogP contribution < -0.4 is 0 Å². The van der Waals surface area contributed by atoms with Gasteiger partial charge in [-0.25, -0.2) is 9.59 Å². The molecule has 2 aromatic rings. The summed E-state index contributed by atoms with van der Waals surface area (Å²) in [4.78, 5) is 24.8. The highest BCUT2D eigenvalue weighted by molar-refractivity contribution is 5.73. The summed E-state index contributed by atoms with van der Waals surface area (Å²) < 4.78 is 75.8. The average molecular weight is 566 g/mol. The topological polar surface area (TPSA) is 109 Å². The van der Waals surface area contributed by atoms with Crippen molar-refractivity contribution >= 4 is 11.9 Å². The number of hydrogen-bond acceptors (Lipinski definition) is 6. The standard InChI is InChI=1S/C21H26N2O2.2C2HF3O2/c1-17-6-5-9-19(22-17)14-24-20-10-11-25-21(12-20)15-23(16-21)13-18-7-3-2-4-8-18;2*3-2(4,5)1(6)7/h2-9,20H,10-16H2,1H3;2*(H,6,7). The molecular formula is C25H28F6N2O6. The molecular weight excluding hydrogens is 538 g/mol. The van der Waals surface area contributed by atoms with Crippen LogP contribution in [0.1, 0.15) is 29.8 Å². The molecule has 2 N–H and O–H groups in total. The first-order chi connectivity index (χ1) is 18.1. The molecule has 1 unspecified atom stereocenters. The van der Waals surface area contributed by atoms with Crippen molar-refractivity contribution in [3.8, 4) is 0 Å². The normalized spacial score (nSPS) is 18.6. The second-order valence-corrected chi connectivity index (χ2v) is 8.96. The van der Waals surface area contributed by atoms with Crippen molar-refractivity contribution in [3.63, 3.8) is 0 Å². The summed E-state index contributed by atoms with van der Waals surface area (Å²) in [7, 11) is 0. The number of carbonyl (C=O) groups is 2. The lowest BCUT2D eigenvalue weighted by atomic mass is 9.84. The Morgan fingerprint density at radius 1 is 1.00 bits per heavy atom. The van der Waals surface area contributed by atoms with Gasteiger partial charge >= 0.3 is 24.3 Å². The van der Waals surface area contributed by atoms with Gasteiger partial charge in [0.15, 0.2) is 0 Å². The molecule has 2 fully saturated rings. The van der Waals surface area contributed by atoms with E-state index in [1.807, 2.05) is 25.1 Å². The monoisotopic (exact) mass is 566 g/mol. The third-order valence-corrected chi connectivity index (χ3v) is 5.62. The second kappa shape index (κ2) is 13.7. The van der Waals surface area contributed by atoms with Gasteiger partial charge < -0.3 is 19.7 Å². The van der Waals surface area contributed by atoms with Crippen LogP contribution in [0.25, 0.3) is 0 Å². The minimum absolute atomic E-state index is 0.00225. The Labute approximate surface area is 220 Å². The molecule has 0 amide bonds. The van der Waals surface area contributed by atoms with Crippen molar-refractivity contribution in [2.24, 2.45) is 0 Å². The molecule has 4 rings (SSSR count). The van der Waals surface area contributed by atoms with Gasteiger partial charge in [0, 0.05) is 38.4 Å². The number of carboxylic acids is 2. The van der Waals surface area contributed by atoms with Crippen LogP contribution in [-0.2, 0) is 32.2 Å². The largest absolute Gasteiger partial charge is 0.490 e. The molecule has 2 aliphatic heterocycles. The van der Waals surface area contributed by atoms with Crippen LogP contribution in [0.5, 0.6) is 0 Å². The van der Waals surface area contributed by atoms with Crippen molar-refractivity contribution in [3.05, 3.63) is 65.5 Å². The van der Waals surface area contributed by atoms with Gasteiger partial charge in [-0.2, -0.15) is 26.3 Å². The number of hydrogen-bond donors (Lipinski definition) is 2. The summed E-state index contributed by atoms with van der Waals surface area (Å²) in [5.74, 6) is -5.51. The SMILES string of the molecule is Cc1cccc(COC2CCOC3(C2)CN(Cc2ccccc2)C3)n1.O=C(O)C(F)(F)F.O=C(O)C(F)(F)F. The first kappa shape index (κ1) is 32.0. The first-order valence-electron chi connectivity index (χ1n) is 11.6. The number of halogens is 6. The van der Waals surface area contributed by atoms with Gasteiger partial charge in [0.1, 0.15) is 0 Å². The number of alkyl halides is 6. The van der Waals surface area contributed by atoms with Crippen LogP contribution in [0.15, 0.2) is 48.5 Å². The smallest absolute Gasteiger partial charge is 0.475 e.